The van der Waals surface area contributed by atoms with Gasteiger partial charge in [-0.25, -0.2) is 4.79 Å². The molecule has 1 atom stereocenters. The lowest BCUT2D eigenvalue weighted by Crippen LogP contribution is -2.45. The summed E-state index contributed by atoms with van der Waals surface area (Å²) in [6.45, 7) is 2.99. The fraction of sp³-hybridized carbons (Fsp3) is 0.611. The molecule has 3 heteroatoms. The van der Waals surface area contributed by atoms with Crippen LogP contribution in [0.4, 0.5) is 4.79 Å². The van der Waals surface area contributed by atoms with Crippen LogP contribution in [-0.2, 0) is 0 Å². The van der Waals surface area contributed by atoms with E-state index in [1.807, 2.05) is 4.90 Å². The molecule has 1 saturated carbocycles. The quantitative estimate of drug-likeness (QED) is 0.869. The minimum absolute atomic E-state index is 0.143. The summed E-state index contributed by atoms with van der Waals surface area (Å²) >= 11 is 0. The highest BCUT2D eigenvalue weighted by Crippen LogP contribution is 2.32. The van der Waals surface area contributed by atoms with Crippen LogP contribution in [0.15, 0.2) is 24.3 Å². The summed E-state index contributed by atoms with van der Waals surface area (Å²) in [5.74, 6) is 0. The number of hydrogen-bond acceptors (Lipinski definition) is 1. The topological polar surface area (TPSA) is 32.3 Å². The number of likely N-dealkylation sites (tertiary alicyclic amines) is 1. The lowest BCUT2D eigenvalue weighted by molar-refractivity contribution is 0.185. The average Bonchev–Trinajstić information content (AvgIpc) is 2.98. The fourth-order valence-corrected chi connectivity index (χ4v) is 3.65. The molecule has 1 aliphatic heterocycles. The molecule has 1 aromatic rings. The molecular formula is C18H26N2O. The normalized spacial score (nSPS) is 23.3. The first-order valence-corrected chi connectivity index (χ1v) is 8.38. The largest absolute Gasteiger partial charge is 0.335 e. The average molecular weight is 286 g/mol. The lowest BCUT2D eigenvalue weighted by Gasteiger charge is -2.29. The van der Waals surface area contributed by atoms with Crippen molar-refractivity contribution < 1.29 is 4.79 Å². The fourth-order valence-electron chi connectivity index (χ4n) is 3.65. The molecule has 0 radical (unpaired) electrons. The van der Waals surface area contributed by atoms with Gasteiger partial charge in [0.15, 0.2) is 0 Å². The summed E-state index contributed by atoms with van der Waals surface area (Å²) in [6.07, 6.45) is 8.32. The number of nitrogens with zero attached hydrogens (tertiary/aromatic N) is 1. The molecule has 0 spiro atoms. The number of amides is 2. The van der Waals surface area contributed by atoms with Gasteiger partial charge in [-0.2, -0.15) is 0 Å². The second-order valence-corrected chi connectivity index (χ2v) is 6.55. The Kier molecular flexibility index (Phi) is 4.47. The van der Waals surface area contributed by atoms with E-state index < -0.39 is 0 Å². The van der Waals surface area contributed by atoms with E-state index in [0.717, 1.165) is 32.2 Å². The van der Waals surface area contributed by atoms with Gasteiger partial charge in [-0.05, 0) is 38.2 Å². The van der Waals surface area contributed by atoms with Crippen molar-refractivity contribution in [1.82, 2.24) is 10.2 Å². The minimum Gasteiger partial charge on any atom is -0.335 e. The van der Waals surface area contributed by atoms with Crippen molar-refractivity contribution in [3.63, 3.8) is 0 Å². The molecule has 3 nitrogen and oxygen atoms in total. The summed E-state index contributed by atoms with van der Waals surface area (Å²) in [7, 11) is 0. The number of benzene rings is 1. The highest BCUT2D eigenvalue weighted by atomic mass is 16.2. The maximum absolute atomic E-state index is 12.6. The van der Waals surface area contributed by atoms with Gasteiger partial charge in [-0.1, -0.05) is 49.1 Å². The molecule has 1 N–H and O–H groups in total. The van der Waals surface area contributed by atoms with E-state index in [0.29, 0.717) is 6.04 Å². The second kappa shape index (κ2) is 6.50. The van der Waals surface area contributed by atoms with Crippen LogP contribution in [0.5, 0.6) is 0 Å². The lowest BCUT2D eigenvalue weighted by atomic mass is 9.96. The van der Waals surface area contributed by atoms with Gasteiger partial charge >= 0.3 is 6.03 Å². The highest BCUT2D eigenvalue weighted by Gasteiger charge is 2.31. The van der Waals surface area contributed by atoms with Gasteiger partial charge in [-0.3, -0.25) is 0 Å². The molecule has 0 bridgehead atoms. The van der Waals surface area contributed by atoms with Crippen LogP contribution in [0.25, 0.3) is 0 Å². The molecule has 2 aliphatic rings. The maximum atomic E-state index is 12.6. The van der Waals surface area contributed by atoms with Gasteiger partial charge in [0.2, 0.25) is 0 Å². The Morgan fingerprint density at radius 2 is 1.76 bits per heavy atom. The zero-order chi connectivity index (χ0) is 14.7. The van der Waals surface area contributed by atoms with Gasteiger partial charge in [-0.15, -0.1) is 0 Å². The molecule has 3 rings (SSSR count). The number of rotatable bonds is 2. The van der Waals surface area contributed by atoms with E-state index in [9.17, 15) is 4.79 Å². The van der Waals surface area contributed by atoms with Crippen LogP contribution in [-0.4, -0.2) is 23.5 Å². The zero-order valence-electron chi connectivity index (χ0n) is 13.0. The van der Waals surface area contributed by atoms with E-state index in [1.165, 1.54) is 30.4 Å². The summed E-state index contributed by atoms with van der Waals surface area (Å²) in [4.78, 5) is 14.6. The van der Waals surface area contributed by atoms with Gasteiger partial charge in [0.25, 0.3) is 0 Å². The zero-order valence-corrected chi connectivity index (χ0v) is 13.0. The van der Waals surface area contributed by atoms with Crippen molar-refractivity contribution >= 4 is 6.03 Å². The number of urea groups is 1. The molecule has 1 aliphatic carbocycles. The molecule has 2 fully saturated rings. The van der Waals surface area contributed by atoms with Crippen molar-refractivity contribution in [3.05, 3.63) is 35.4 Å². The van der Waals surface area contributed by atoms with Gasteiger partial charge < -0.3 is 10.2 Å². The Morgan fingerprint density at radius 3 is 2.48 bits per heavy atom. The van der Waals surface area contributed by atoms with Crippen LogP contribution in [0.1, 0.15) is 62.1 Å². The predicted molar refractivity (Wildman–Crippen MR) is 85.3 cm³/mol. The molecule has 1 saturated heterocycles. The third kappa shape index (κ3) is 3.39. The second-order valence-electron chi connectivity index (χ2n) is 6.55. The first-order valence-electron chi connectivity index (χ1n) is 8.38. The Balaban J connectivity index is 1.65. The molecule has 2 amide bonds. The monoisotopic (exact) mass is 286 g/mol. The highest BCUT2D eigenvalue weighted by molar-refractivity contribution is 5.75. The minimum atomic E-state index is 0.143. The van der Waals surface area contributed by atoms with E-state index in [4.69, 9.17) is 0 Å². The van der Waals surface area contributed by atoms with Gasteiger partial charge in [0, 0.05) is 12.6 Å². The Bertz CT molecular complexity index is 476. The molecule has 0 aromatic heterocycles. The van der Waals surface area contributed by atoms with E-state index >= 15 is 0 Å². The predicted octanol–water partition coefficient (Wildman–Crippen LogP) is 4.17. The van der Waals surface area contributed by atoms with Crippen LogP contribution in [0.2, 0.25) is 0 Å². The SMILES string of the molecule is Cc1ccc([C@@H]2CCCN2C(=O)NC2CCCCC2)cc1. The molecule has 1 heterocycles. The summed E-state index contributed by atoms with van der Waals surface area (Å²) in [6, 6.07) is 9.43. The van der Waals surface area contributed by atoms with E-state index in [1.54, 1.807) is 0 Å². The number of hydrogen-bond donors (Lipinski definition) is 1. The molecule has 114 valence electrons. The van der Waals surface area contributed by atoms with Crippen LogP contribution >= 0.6 is 0 Å². The summed E-state index contributed by atoms with van der Waals surface area (Å²) in [5, 5.41) is 3.26. The standard InChI is InChI=1S/C18H26N2O/c1-14-9-11-15(12-10-14)17-8-5-13-20(17)18(21)19-16-6-3-2-4-7-16/h9-12,16-17H,2-8,13H2,1H3,(H,19,21)/t17-/m0/s1. The van der Waals surface area contributed by atoms with Gasteiger partial charge in [0.05, 0.1) is 6.04 Å². The maximum Gasteiger partial charge on any atom is 0.318 e. The Hall–Kier alpha value is -1.51. The van der Waals surface area contributed by atoms with E-state index in [-0.39, 0.29) is 12.1 Å². The summed E-state index contributed by atoms with van der Waals surface area (Å²) < 4.78 is 0. The number of carbonyl (C=O) groups excluding carboxylic acids is 1. The first-order chi connectivity index (χ1) is 10.2. The third-order valence-electron chi connectivity index (χ3n) is 4.91. The Labute approximate surface area is 127 Å². The number of aryl methyl sites for hydroxylation is 1. The van der Waals surface area contributed by atoms with Crippen molar-refractivity contribution in [1.29, 1.82) is 0 Å². The van der Waals surface area contributed by atoms with Crippen LogP contribution < -0.4 is 5.32 Å². The van der Waals surface area contributed by atoms with Gasteiger partial charge in [0.1, 0.15) is 0 Å². The van der Waals surface area contributed by atoms with Crippen LogP contribution in [0.3, 0.4) is 0 Å². The summed E-state index contributed by atoms with van der Waals surface area (Å²) in [5.41, 5.74) is 2.55. The number of nitrogens with one attached hydrogen (secondary N) is 1. The van der Waals surface area contributed by atoms with Crippen molar-refractivity contribution in [2.75, 3.05) is 6.54 Å². The van der Waals surface area contributed by atoms with E-state index in [2.05, 4.69) is 36.5 Å². The van der Waals surface area contributed by atoms with Crippen LogP contribution in [0, 0.1) is 6.92 Å². The molecule has 21 heavy (non-hydrogen) atoms. The number of carbonyl (C=O) groups is 1. The smallest absolute Gasteiger partial charge is 0.318 e. The van der Waals surface area contributed by atoms with Crippen molar-refractivity contribution in [2.45, 2.75) is 64.0 Å². The first kappa shape index (κ1) is 14.4. The third-order valence-corrected chi connectivity index (χ3v) is 4.91. The van der Waals surface area contributed by atoms with Crippen molar-refractivity contribution in [3.8, 4) is 0 Å². The molecular weight excluding hydrogens is 260 g/mol. The Morgan fingerprint density at radius 1 is 1.05 bits per heavy atom. The van der Waals surface area contributed by atoms with Crippen molar-refractivity contribution in [2.24, 2.45) is 0 Å². The molecule has 1 aromatic carbocycles. The molecule has 0 unspecified atom stereocenters.